The van der Waals surface area contributed by atoms with Gasteiger partial charge in [-0.15, -0.1) is 11.3 Å². The summed E-state index contributed by atoms with van der Waals surface area (Å²) in [6, 6.07) is 0. The SMILES string of the molecule is C/C(=C\c1csc(C)n1)[C@H]1CC2O[C@]2(C)CCC[C@H](C)[C@@H](O)[C@H](C)C(=O)C2(CCC2)[C@@H](O)CC(=O)O1. The first-order valence-corrected chi connectivity index (χ1v) is 14.2. The Labute approximate surface area is 218 Å². The second-order valence-corrected chi connectivity index (χ2v) is 12.6. The normalized spacial score (nSPS) is 38.2. The molecule has 8 heteroatoms. The molecule has 4 rings (SSSR count). The molecule has 1 unspecified atom stereocenters. The smallest absolute Gasteiger partial charge is 0.309 e. The summed E-state index contributed by atoms with van der Waals surface area (Å²) >= 11 is 1.57. The first-order chi connectivity index (χ1) is 16.9. The lowest BCUT2D eigenvalue weighted by Crippen LogP contribution is -2.53. The molecular formula is C28H41NO6S. The zero-order valence-corrected chi connectivity index (χ0v) is 23.0. The number of nitrogens with zero attached hydrogens (tertiary/aromatic N) is 1. The van der Waals surface area contributed by atoms with E-state index in [1.807, 2.05) is 32.2 Å². The summed E-state index contributed by atoms with van der Waals surface area (Å²) in [5, 5.41) is 25.0. The van der Waals surface area contributed by atoms with Crippen molar-refractivity contribution in [1.82, 2.24) is 4.98 Å². The number of aliphatic hydroxyl groups is 2. The van der Waals surface area contributed by atoms with Crippen LogP contribution in [0.1, 0.15) is 89.8 Å². The third kappa shape index (κ3) is 5.62. The van der Waals surface area contributed by atoms with Crippen LogP contribution in [0.25, 0.3) is 6.08 Å². The summed E-state index contributed by atoms with van der Waals surface area (Å²) in [6.07, 6.45) is 4.18. The molecule has 1 saturated carbocycles. The van der Waals surface area contributed by atoms with E-state index in [2.05, 4.69) is 11.9 Å². The number of aromatic nitrogens is 1. The van der Waals surface area contributed by atoms with Crippen LogP contribution in [0.5, 0.6) is 0 Å². The quantitative estimate of drug-likeness (QED) is 0.433. The van der Waals surface area contributed by atoms with Gasteiger partial charge in [-0.3, -0.25) is 9.59 Å². The third-order valence-electron chi connectivity index (χ3n) is 8.83. The minimum atomic E-state index is -1.13. The lowest BCUT2D eigenvalue weighted by Gasteiger charge is -2.46. The fourth-order valence-electron chi connectivity index (χ4n) is 6.01. The first kappa shape index (κ1) is 27.4. The van der Waals surface area contributed by atoms with Crippen LogP contribution in [0.15, 0.2) is 11.0 Å². The number of aryl methyl sites for hydroxylation is 1. The average Bonchev–Trinajstić information content (AvgIpc) is 3.22. The molecule has 0 bridgehead atoms. The number of aliphatic hydroxyl groups excluding tert-OH is 2. The molecule has 200 valence electrons. The Morgan fingerprint density at radius 2 is 1.92 bits per heavy atom. The number of hydrogen-bond acceptors (Lipinski definition) is 8. The van der Waals surface area contributed by atoms with E-state index in [0.29, 0.717) is 19.3 Å². The Morgan fingerprint density at radius 1 is 1.19 bits per heavy atom. The number of ketones is 1. The second-order valence-electron chi connectivity index (χ2n) is 11.6. The molecule has 1 spiro atoms. The predicted molar refractivity (Wildman–Crippen MR) is 138 cm³/mol. The Bertz CT molecular complexity index is 1000. The van der Waals surface area contributed by atoms with E-state index in [9.17, 15) is 19.8 Å². The molecule has 7 atom stereocenters. The van der Waals surface area contributed by atoms with Gasteiger partial charge in [0, 0.05) is 17.7 Å². The van der Waals surface area contributed by atoms with Gasteiger partial charge in [-0.25, -0.2) is 4.98 Å². The molecule has 0 aromatic carbocycles. The van der Waals surface area contributed by atoms with E-state index in [1.54, 1.807) is 18.3 Å². The monoisotopic (exact) mass is 519 g/mol. The molecule has 2 N–H and O–H groups in total. The summed E-state index contributed by atoms with van der Waals surface area (Å²) in [5.41, 5.74) is 0.438. The molecule has 3 fully saturated rings. The maximum absolute atomic E-state index is 13.5. The summed E-state index contributed by atoms with van der Waals surface area (Å²) in [7, 11) is 0. The molecule has 0 radical (unpaired) electrons. The number of epoxide rings is 1. The minimum absolute atomic E-state index is 0.0349. The van der Waals surface area contributed by atoms with Crippen molar-refractivity contribution in [2.45, 2.75) is 116 Å². The van der Waals surface area contributed by atoms with Crippen LogP contribution in [-0.2, 0) is 19.1 Å². The Morgan fingerprint density at radius 3 is 2.53 bits per heavy atom. The lowest BCUT2D eigenvalue weighted by atomic mass is 9.58. The van der Waals surface area contributed by atoms with Gasteiger partial charge >= 0.3 is 5.97 Å². The molecular weight excluding hydrogens is 478 g/mol. The molecule has 2 aliphatic heterocycles. The topological polar surface area (TPSA) is 109 Å². The van der Waals surface area contributed by atoms with E-state index in [1.165, 1.54) is 0 Å². The average molecular weight is 520 g/mol. The van der Waals surface area contributed by atoms with Gasteiger partial charge in [0.1, 0.15) is 11.9 Å². The van der Waals surface area contributed by atoms with Gasteiger partial charge < -0.3 is 19.7 Å². The molecule has 3 aliphatic rings. The van der Waals surface area contributed by atoms with Crippen LogP contribution in [0.2, 0.25) is 0 Å². The summed E-state index contributed by atoms with van der Waals surface area (Å²) in [4.78, 5) is 31.1. The molecule has 1 aliphatic carbocycles. The lowest BCUT2D eigenvalue weighted by molar-refractivity contribution is -0.161. The second kappa shape index (κ2) is 10.6. The van der Waals surface area contributed by atoms with Gasteiger partial charge in [-0.05, 0) is 64.0 Å². The fraction of sp³-hybridized carbons (Fsp3) is 0.750. The number of esters is 1. The predicted octanol–water partition coefficient (Wildman–Crippen LogP) is 4.62. The van der Waals surface area contributed by atoms with Gasteiger partial charge in [0.2, 0.25) is 0 Å². The Kier molecular flexibility index (Phi) is 8.10. The van der Waals surface area contributed by atoms with E-state index in [4.69, 9.17) is 9.47 Å². The maximum Gasteiger partial charge on any atom is 0.309 e. The molecule has 3 heterocycles. The molecule has 7 nitrogen and oxygen atoms in total. The van der Waals surface area contributed by atoms with E-state index < -0.39 is 35.6 Å². The van der Waals surface area contributed by atoms with Gasteiger partial charge in [0.15, 0.2) is 0 Å². The van der Waals surface area contributed by atoms with Crippen molar-refractivity contribution in [3.63, 3.8) is 0 Å². The fourth-order valence-corrected chi connectivity index (χ4v) is 6.58. The molecule has 36 heavy (non-hydrogen) atoms. The van der Waals surface area contributed by atoms with E-state index in [0.717, 1.165) is 42.0 Å². The van der Waals surface area contributed by atoms with Crippen LogP contribution >= 0.6 is 11.3 Å². The highest BCUT2D eigenvalue weighted by Crippen LogP contribution is 2.49. The Hall–Kier alpha value is -1.61. The number of carbonyl (C=O) groups excluding carboxylic acids is 2. The number of fused-ring (bicyclic) bond motifs is 1. The van der Waals surface area contributed by atoms with Gasteiger partial charge in [0.05, 0.1) is 46.5 Å². The number of cyclic esters (lactones) is 1. The van der Waals surface area contributed by atoms with Crippen LogP contribution in [0.3, 0.4) is 0 Å². The van der Waals surface area contributed by atoms with Crippen molar-refractivity contribution >= 4 is 29.2 Å². The maximum atomic E-state index is 13.5. The highest BCUT2D eigenvalue weighted by atomic mass is 32.1. The van der Waals surface area contributed by atoms with Crippen molar-refractivity contribution in [3.05, 3.63) is 21.7 Å². The largest absolute Gasteiger partial charge is 0.458 e. The van der Waals surface area contributed by atoms with Gasteiger partial charge in [-0.2, -0.15) is 0 Å². The summed E-state index contributed by atoms with van der Waals surface area (Å²) in [5.74, 6) is -1.30. The van der Waals surface area contributed by atoms with Crippen LogP contribution in [0.4, 0.5) is 0 Å². The number of ether oxygens (including phenoxy) is 2. The molecule has 0 amide bonds. The highest BCUT2D eigenvalue weighted by Gasteiger charge is 2.54. The number of Topliss-reactive ketones (excluding diaryl/α,β-unsaturated/α-hetero) is 1. The molecule has 1 aromatic rings. The standard InChI is InChI=1S/C28H41NO6S/c1-16-8-6-9-27(5)23(35-27)13-21(17(2)12-20-15-36-19(4)29-20)34-24(31)14-22(30)28(10-7-11-28)26(33)18(3)25(16)32/h12,15-16,18,21-23,25,30,32H,6-11,13-14H2,1-5H3/b17-12+/t16-,18-,21+,22-,23?,25+,27+/m0/s1. The molecule has 1 aromatic heterocycles. The van der Waals surface area contributed by atoms with Gasteiger partial charge in [0.25, 0.3) is 0 Å². The molecule has 2 saturated heterocycles. The number of rotatable bonds is 2. The zero-order chi connectivity index (χ0) is 26.3. The van der Waals surface area contributed by atoms with Gasteiger partial charge in [-0.1, -0.05) is 26.7 Å². The minimum Gasteiger partial charge on any atom is -0.458 e. The summed E-state index contributed by atoms with van der Waals surface area (Å²) in [6.45, 7) is 9.70. The third-order valence-corrected chi connectivity index (χ3v) is 9.63. The van der Waals surface area contributed by atoms with E-state index in [-0.39, 0.29) is 29.8 Å². The number of hydrogen-bond donors (Lipinski definition) is 2. The number of thiazole rings is 1. The highest BCUT2D eigenvalue weighted by molar-refractivity contribution is 7.09. The van der Waals surface area contributed by atoms with Crippen molar-refractivity contribution in [3.8, 4) is 0 Å². The van der Waals surface area contributed by atoms with Crippen molar-refractivity contribution < 1.29 is 29.3 Å². The van der Waals surface area contributed by atoms with Crippen molar-refractivity contribution in [1.29, 1.82) is 0 Å². The first-order valence-electron chi connectivity index (χ1n) is 13.3. The zero-order valence-electron chi connectivity index (χ0n) is 22.2. The van der Waals surface area contributed by atoms with Crippen molar-refractivity contribution in [2.75, 3.05) is 0 Å². The van der Waals surface area contributed by atoms with Crippen LogP contribution < -0.4 is 0 Å². The van der Waals surface area contributed by atoms with Crippen LogP contribution in [-0.4, -0.2) is 57.0 Å². The number of carbonyl (C=O) groups is 2. The Balaban J connectivity index is 1.58. The summed E-state index contributed by atoms with van der Waals surface area (Å²) < 4.78 is 12.0. The van der Waals surface area contributed by atoms with E-state index >= 15 is 0 Å². The van der Waals surface area contributed by atoms with Crippen LogP contribution in [0, 0.1) is 24.2 Å². The van der Waals surface area contributed by atoms with Crippen molar-refractivity contribution in [2.24, 2.45) is 17.3 Å².